The number of anilines is 1. The first-order chi connectivity index (χ1) is 52.2. The lowest BCUT2D eigenvalue weighted by Crippen LogP contribution is -2.55. The highest BCUT2D eigenvalue weighted by molar-refractivity contribution is 7.09. The number of aromatic nitrogens is 1. The molecule has 0 aliphatic carbocycles. The van der Waals surface area contributed by atoms with E-state index in [-0.39, 0.29) is 148 Å². The van der Waals surface area contributed by atoms with E-state index in [1.807, 2.05) is 117 Å². The number of Topliss-reactive ketones (excluding diaryl/α,β-unsaturated/α-hetero) is 5. The fourth-order valence-electron chi connectivity index (χ4n) is 14.5. The molecule has 1 aliphatic rings. The van der Waals surface area contributed by atoms with Gasteiger partial charge in [-0.3, -0.25) is 47.9 Å². The van der Waals surface area contributed by atoms with Gasteiger partial charge in [0, 0.05) is 144 Å². The number of unbranched alkanes of at least 4 members (excludes halogenated alkanes) is 1. The van der Waals surface area contributed by atoms with Crippen molar-refractivity contribution in [2.24, 2.45) is 52.6 Å². The Bertz CT molecular complexity index is 3490. The van der Waals surface area contributed by atoms with Gasteiger partial charge in [-0.05, 0) is 127 Å². The largest absolute Gasteiger partial charge is 0.445 e. The van der Waals surface area contributed by atoms with Gasteiger partial charge in [0.1, 0.15) is 18.2 Å². The second kappa shape index (κ2) is 46.4. The van der Waals surface area contributed by atoms with Crippen molar-refractivity contribution in [3.05, 3.63) is 82.3 Å². The first-order valence-corrected chi connectivity index (χ1v) is 40.6. The first kappa shape index (κ1) is 95.5. The zero-order valence-corrected chi connectivity index (χ0v) is 70.2. The number of aliphatic hydroxyl groups is 1. The number of benzene rings is 2. The fraction of sp³-hybridized carbons (Fsp3) is 0.679. The molecule has 9 N–H and O–H groups in total. The molecule has 0 saturated carbocycles. The Balaban J connectivity index is 1.37. The summed E-state index contributed by atoms with van der Waals surface area (Å²) in [6.45, 7) is 27.8. The van der Waals surface area contributed by atoms with Crippen LogP contribution in [-0.4, -0.2) is 185 Å². The molecule has 0 bridgehead atoms. The minimum Gasteiger partial charge on any atom is -0.445 e. The summed E-state index contributed by atoms with van der Waals surface area (Å²) in [6.07, 6.45) is 3.47. The molecule has 2 heterocycles. The van der Waals surface area contributed by atoms with Gasteiger partial charge < -0.3 is 66.8 Å². The lowest BCUT2D eigenvalue weighted by molar-refractivity contribution is -0.149. The molecule has 1 saturated heterocycles. The molecule has 0 spiro atoms. The summed E-state index contributed by atoms with van der Waals surface area (Å²) in [5, 5.41) is 29.5. The van der Waals surface area contributed by atoms with Crippen LogP contribution in [0.3, 0.4) is 0 Å². The number of ether oxygens (including phenoxy) is 3. The molecule has 27 heteroatoms. The summed E-state index contributed by atoms with van der Waals surface area (Å²) in [7, 11) is 4.79. The number of thiazole rings is 1. The van der Waals surface area contributed by atoms with Crippen LogP contribution in [0.25, 0.3) is 0 Å². The quantitative estimate of drug-likeness (QED) is 0.0243. The van der Waals surface area contributed by atoms with Crippen LogP contribution < -0.4 is 37.6 Å². The number of aliphatic hydroxyl groups excluding tert-OH is 1. The maximum absolute atomic E-state index is 14.9. The van der Waals surface area contributed by atoms with Gasteiger partial charge in [0.05, 0.1) is 53.3 Å². The van der Waals surface area contributed by atoms with Crippen molar-refractivity contribution in [2.45, 2.75) is 273 Å². The molecule has 0 radical (unpaired) electrons. The number of nitrogens with zero attached hydrogens (tertiary/aromatic N) is 3. The Kier molecular flexibility index (Phi) is 39.9. The number of nitrogens with two attached hydrogens (primary N) is 1. The van der Waals surface area contributed by atoms with Gasteiger partial charge in [-0.15, -0.1) is 11.3 Å². The van der Waals surface area contributed by atoms with E-state index in [9.17, 15) is 62.6 Å². The molecule has 1 fully saturated rings. The fourth-order valence-corrected chi connectivity index (χ4v) is 15.3. The number of carbonyl (C=O) groups is 12. The van der Waals surface area contributed by atoms with E-state index < -0.39 is 113 Å². The van der Waals surface area contributed by atoms with Gasteiger partial charge in [0.2, 0.25) is 29.5 Å². The number of rotatable bonds is 50. The van der Waals surface area contributed by atoms with Gasteiger partial charge >= 0.3 is 12.1 Å². The van der Waals surface area contributed by atoms with Crippen LogP contribution >= 0.6 is 11.3 Å². The Labute approximate surface area is 663 Å². The third kappa shape index (κ3) is 31.9. The Morgan fingerprint density at radius 3 is 1.95 bits per heavy atom. The average molecular weight is 1570 g/mol. The first-order valence-electron chi connectivity index (χ1n) is 39.7. The van der Waals surface area contributed by atoms with Crippen molar-refractivity contribution in [2.75, 3.05) is 52.8 Å². The summed E-state index contributed by atoms with van der Waals surface area (Å²) in [6, 6.07) is 13.1. The van der Waals surface area contributed by atoms with Crippen molar-refractivity contribution in [3.63, 3.8) is 0 Å². The summed E-state index contributed by atoms with van der Waals surface area (Å²) in [5.74, 6) is -7.21. The molecule has 3 aromatic rings. The number of primary amides is 1. The molecule has 8 amide bonds. The second-order valence-electron chi connectivity index (χ2n) is 33.4. The van der Waals surface area contributed by atoms with E-state index in [1.54, 1.807) is 63.4 Å². The third-order valence-corrected chi connectivity index (χ3v) is 22.1. The molecule has 4 rings (SSSR count). The Morgan fingerprint density at radius 1 is 0.730 bits per heavy atom. The summed E-state index contributed by atoms with van der Waals surface area (Å²) in [5.41, 5.74) is 4.82. The van der Waals surface area contributed by atoms with Crippen LogP contribution in [0.1, 0.15) is 229 Å². The zero-order chi connectivity index (χ0) is 83.1. The molecular formula is C84H132N10O16S. The number of hydrogen-bond acceptors (Lipinski definition) is 19. The van der Waals surface area contributed by atoms with Gasteiger partial charge in [-0.2, -0.15) is 0 Å². The molecule has 620 valence electrons. The highest BCUT2D eigenvalue weighted by Crippen LogP contribution is 2.35. The molecular weight excluding hydrogens is 1440 g/mol. The number of likely N-dealkylation sites (N-methyl/N-ethyl adjacent to an activating group) is 1. The number of nitrogens with one attached hydrogen (secondary N) is 6. The van der Waals surface area contributed by atoms with Gasteiger partial charge in [-0.1, -0.05) is 125 Å². The number of methoxy groups -OCH3 is 2. The smallest absolute Gasteiger partial charge is 0.408 e. The predicted molar refractivity (Wildman–Crippen MR) is 430 cm³/mol. The lowest BCUT2D eigenvalue weighted by atomic mass is 9.83. The number of carbonyl (C=O) groups excluding carboxylic acids is 12. The van der Waals surface area contributed by atoms with E-state index in [4.69, 9.17) is 19.9 Å². The number of amides is 8. The van der Waals surface area contributed by atoms with E-state index >= 15 is 0 Å². The standard InChI is InChI=1S/C84H132N10O16S/c1-19-54(6)73(68(108-17)50-71(101)94-42-26-31-65(94)74(109-18)55(7)66(97)48-60(78-87-41-44-111-78)45-56-27-21-20-22-28-56)93(16)79(105)63(52(2)3)49-69(99)84(14,15)92-81(107)110-51-57-32-34-61(35-33-57)89-76(103)59(30-25-40-88-80(85)106)47-67(98)72(53(4)5)90-77(104)58(46-62(96)38-43-95)29-23-24-39-86-70(100)37-36-64(91-83(11,12)13)75(102)82(8,9)10/h20-22,27-28,32-35,41,44,52-55,58-60,63-65,68,72-74,91,95H,19,23-26,29-31,36-40,42-43,45-51H2,1-18H3,(H,86,100)(H,89,103)(H,90,104)(H,92,107)(H3,85,88,106)/t54-,55-,58+,59+,60+,63-,64+,65-,68+,72-,73-,74+/m0/s1. The topological polar surface area (TPSA) is 370 Å². The molecule has 26 nitrogen and oxygen atoms in total. The average Bonchev–Trinajstić information content (AvgIpc) is 1.78. The molecule has 1 aromatic heterocycles. The zero-order valence-electron chi connectivity index (χ0n) is 69.4. The molecule has 0 unspecified atom stereocenters. The summed E-state index contributed by atoms with van der Waals surface area (Å²) < 4.78 is 17.9. The number of ketones is 5. The molecule has 111 heavy (non-hydrogen) atoms. The Morgan fingerprint density at radius 2 is 1.38 bits per heavy atom. The van der Waals surface area contributed by atoms with Crippen LogP contribution in [0, 0.1) is 46.8 Å². The van der Waals surface area contributed by atoms with Crippen LogP contribution in [0.5, 0.6) is 0 Å². The van der Waals surface area contributed by atoms with Crippen LogP contribution in [0.4, 0.5) is 15.3 Å². The van der Waals surface area contributed by atoms with Crippen molar-refractivity contribution >= 4 is 87.6 Å². The normalized spacial score (nSPS) is 16.3. The third-order valence-electron chi connectivity index (χ3n) is 21.2. The molecule has 12 atom stereocenters. The van der Waals surface area contributed by atoms with Gasteiger partial charge in [0.25, 0.3) is 0 Å². The Hall–Kier alpha value is -7.85. The van der Waals surface area contributed by atoms with Crippen molar-refractivity contribution in [1.29, 1.82) is 0 Å². The highest BCUT2D eigenvalue weighted by atomic mass is 32.1. The van der Waals surface area contributed by atoms with Gasteiger partial charge in [0.15, 0.2) is 17.3 Å². The summed E-state index contributed by atoms with van der Waals surface area (Å²) in [4.78, 5) is 173. The van der Waals surface area contributed by atoms with E-state index in [0.717, 1.165) is 17.0 Å². The number of alkyl carbamates (subject to hydrolysis) is 1. The highest BCUT2D eigenvalue weighted by Gasteiger charge is 2.45. The minimum atomic E-state index is -1.50. The second-order valence-corrected chi connectivity index (χ2v) is 34.3. The van der Waals surface area contributed by atoms with Gasteiger partial charge in [-0.25, -0.2) is 14.6 Å². The van der Waals surface area contributed by atoms with Crippen LogP contribution in [-0.2, 0) is 75.2 Å². The minimum absolute atomic E-state index is 0.00967. The molecule has 1 aliphatic heterocycles. The molecule has 2 aromatic carbocycles. The van der Waals surface area contributed by atoms with E-state index in [0.29, 0.717) is 56.3 Å². The van der Waals surface area contributed by atoms with E-state index in [1.165, 1.54) is 32.3 Å². The predicted octanol–water partition coefficient (Wildman–Crippen LogP) is 10.8. The number of urea groups is 1. The maximum Gasteiger partial charge on any atom is 0.408 e. The maximum atomic E-state index is 14.9. The SMILES string of the molecule is CC[C@H](C)[C@@H]([C@@H](CC(=O)N1CCC[C@H]1[C@H](OC)[C@@H](C)C(=O)C[C@@H](Cc1ccccc1)c1nccs1)OC)N(C)C(=O)[C@@H](CC(=O)C(C)(C)NC(=O)OCc1ccc(NC(=O)[C@H](CCCNC(N)=O)CC(=O)[C@@H](NC(=O)[C@H](CCCCNC(=O)CC[C@@H](NC(C)(C)C)C(=O)C(C)(C)C)CC(=O)CCO)C(C)C)cc1)C(C)C. The monoisotopic (exact) mass is 1570 g/mol. The van der Waals surface area contributed by atoms with Crippen molar-refractivity contribution in [3.8, 4) is 0 Å². The number of likely N-dealkylation sites (tertiary alicyclic amines) is 1. The van der Waals surface area contributed by atoms with Crippen molar-refractivity contribution < 1.29 is 76.9 Å². The van der Waals surface area contributed by atoms with E-state index in [2.05, 4.69) is 36.9 Å². The van der Waals surface area contributed by atoms with Crippen LogP contribution in [0.2, 0.25) is 0 Å². The van der Waals surface area contributed by atoms with Crippen molar-refractivity contribution in [1.82, 2.24) is 41.4 Å². The summed E-state index contributed by atoms with van der Waals surface area (Å²) >= 11 is 1.53. The van der Waals surface area contributed by atoms with Crippen LogP contribution in [0.15, 0.2) is 66.2 Å². The number of hydrogen-bond donors (Lipinski definition) is 8. The lowest BCUT2D eigenvalue weighted by Gasteiger charge is -2.41.